The number of fused-ring (bicyclic) bond motifs is 1. The van der Waals surface area contributed by atoms with Gasteiger partial charge in [0.05, 0.1) is 10.3 Å². The summed E-state index contributed by atoms with van der Waals surface area (Å²) in [6, 6.07) is 10.0. The number of nitrogens with zero attached hydrogens (tertiary/aromatic N) is 3. The smallest absolute Gasteiger partial charge is 0.240 e. The maximum absolute atomic E-state index is 5.28. The second-order valence-corrected chi connectivity index (χ2v) is 5.78. The highest BCUT2D eigenvalue weighted by Crippen LogP contribution is 2.27. The zero-order valence-corrected chi connectivity index (χ0v) is 12.9. The van der Waals surface area contributed by atoms with Gasteiger partial charge in [0.25, 0.3) is 0 Å². The lowest BCUT2D eigenvalue weighted by atomic mass is 10.1. The quantitative estimate of drug-likeness (QED) is 0.666. The van der Waals surface area contributed by atoms with Crippen LogP contribution in [0.4, 0.5) is 0 Å². The highest BCUT2D eigenvalue weighted by Gasteiger charge is 2.16. The number of aryl methyl sites for hydroxylation is 1. The van der Waals surface area contributed by atoms with Gasteiger partial charge in [0.15, 0.2) is 0 Å². The van der Waals surface area contributed by atoms with E-state index in [1.54, 1.807) is 0 Å². The summed E-state index contributed by atoms with van der Waals surface area (Å²) in [5.74, 6) is 1.13. The third kappa shape index (κ3) is 2.33. The van der Waals surface area contributed by atoms with E-state index in [4.69, 9.17) is 4.52 Å². The lowest BCUT2D eigenvalue weighted by Gasteiger charge is -2.03. The van der Waals surface area contributed by atoms with Crippen LogP contribution in [0, 0.1) is 6.92 Å². The minimum atomic E-state index is 0.0882. The molecule has 0 saturated heterocycles. The Morgan fingerprint density at radius 2 is 2.05 bits per heavy atom. The molecular formula is C15H14BrN3O. The summed E-state index contributed by atoms with van der Waals surface area (Å²) in [5, 5.41) is 5.17. The molecule has 3 aromatic rings. The second-order valence-electron chi connectivity index (χ2n) is 4.67. The molecule has 0 aliphatic heterocycles. The third-order valence-corrected chi connectivity index (χ3v) is 4.26. The van der Waals surface area contributed by atoms with Crippen molar-refractivity contribution in [2.75, 3.05) is 0 Å². The van der Waals surface area contributed by atoms with Crippen LogP contribution in [-0.4, -0.2) is 15.1 Å². The van der Waals surface area contributed by atoms with Crippen molar-refractivity contribution in [3.63, 3.8) is 0 Å². The van der Waals surface area contributed by atoms with Gasteiger partial charge in [-0.15, -0.1) is 0 Å². The first-order chi connectivity index (χ1) is 9.69. The van der Waals surface area contributed by atoms with Gasteiger partial charge in [-0.05, 0) is 31.0 Å². The molecule has 20 heavy (non-hydrogen) atoms. The highest BCUT2D eigenvalue weighted by molar-refractivity contribution is 9.09. The van der Waals surface area contributed by atoms with E-state index in [1.807, 2.05) is 24.3 Å². The van der Waals surface area contributed by atoms with Crippen LogP contribution in [-0.2, 0) is 0 Å². The first kappa shape index (κ1) is 13.2. The zero-order valence-electron chi connectivity index (χ0n) is 11.3. The van der Waals surface area contributed by atoms with Gasteiger partial charge in [-0.1, -0.05) is 46.2 Å². The van der Waals surface area contributed by atoms with E-state index in [1.165, 1.54) is 0 Å². The number of para-hydroxylation sites is 1. The Kier molecular flexibility index (Phi) is 3.53. The Hall–Kier alpha value is -1.75. The fraction of sp³-hybridized carbons (Fsp3) is 0.267. The molecule has 0 aliphatic rings. The summed E-state index contributed by atoms with van der Waals surface area (Å²) in [7, 11) is 0. The van der Waals surface area contributed by atoms with Crippen molar-refractivity contribution in [1.29, 1.82) is 0 Å². The standard InChI is InChI=1S/C15H14BrN3O/c1-3-11(16)15-18-14(19-20-15)13-8-9(2)10-6-4-5-7-12(10)17-13/h4-8,11H,3H2,1-2H3. The number of pyridine rings is 1. The molecule has 1 atom stereocenters. The van der Waals surface area contributed by atoms with Gasteiger partial charge in [-0.2, -0.15) is 4.98 Å². The van der Waals surface area contributed by atoms with Crippen molar-refractivity contribution in [3.8, 4) is 11.5 Å². The SMILES string of the molecule is CCC(Br)c1nc(-c2cc(C)c3ccccc3n2)no1. The molecule has 0 radical (unpaired) electrons. The molecule has 2 aromatic heterocycles. The number of alkyl halides is 1. The molecule has 0 fully saturated rings. The van der Waals surface area contributed by atoms with E-state index in [9.17, 15) is 0 Å². The second kappa shape index (κ2) is 5.32. The molecule has 0 aliphatic carbocycles. The molecule has 2 heterocycles. The van der Waals surface area contributed by atoms with E-state index in [0.29, 0.717) is 11.7 Å². The van der Waals surface area contributed by atoms with E-state index < -0.39 is 0 Å². The predicted octanol–water partition coefficient (Wildman–Crippen LogP) is 4.44. The fourth-order valence-corrected chi connectivity index (χ4v) is 2.29. The summed E-state index contributed by atoms with van der Waals surface area (Å²) < 4.78 is 5.28. The van der Waals surface area contributed by atoms with E-state index >= 15 is 0 Å². The number of halogens is 1. The topological polar surface area (TPSA) is 51.8 Å². The molecule has 102 valence electrons. The summed E-state index contributed by atoms with van der Waals surface area (Å²) in [6.45, 7) is 4.12. The van der Waals surface area contributed by atoms with Gasteiger partial charge in [0.2, 0.25) is 11.7 Å². The van der Waals surface area contributed by atoms with Crippen molar-refractivity contribution >= 4 is 26.8 Å². The van der Waals surface area contributed by atoms with Crippen molar-refractivity contribution in [2.45, 2.75) is 25.1 Å². The summed E-state index contributed by atoms with van der Waals surface area (Å²) in [5.41, 5.74) is 2.84. The summed E-state index contributed by atoms with van der Waals surface area (Å²) >= 11 is 3.51. The van der Waals surface area contributed by atoms with E-state index in [2.05, 4.69) is 51.0 Å². The zero-order chi connectivity index (χ0) is 14.1. The Balaban J connectivity index is 2.08. The molecule has 1 aromatic carbocycles. The minimum absolute atomic E-state index is 0.0882. The average Bonchev–Trinajstić information content (AvgIpc) is 2.96. The van der Waals surface area contributed by atoms with Gasteiger partial charge >= 0.3 is 0 Å². The highest BCUT2D eigenvalue weighted by atomic mass is 79.9. The van der Waals surface area contributed by atoms with Crippen molar-refractivity contribution < 1.29 is 4.52 Å². The number of aromatic nitrogens is 3. The van der Waals surface area contributed by atoms with Crippen LogP contribution < -0.4 is 0 Å². The van der Waals surface area contributed by atoms with E-state index in [0.717, 1.165) is 28.6 Å². The van der Waals surface area contributed by atoms with Crippen LogP contribution in [0.1, 0.15) is 29.6 Å². The normalized spacial score (nSPS) is 12.8. The molecule has 0 N–H and O–H groups in total. The molecule has 0 amide bonds. The first-order valence-corrected chi connectivity index (χ1v) is 7.45. The van der Waals surface area contributed by atoms with Crippen molar-refractivity contribution in [2.24, 2.45) is 0 Å². The molecule has 0 saturated carbocycles. The van der Waals surface area contributed by atoms with Crippen LogP contribution in [0.2, 0.25) is 0 Å². The summed E-state index contributed by atoms with van der Waals surface area (Å²) in [6.07, 6.45) is 0.895. The Morgan fingerprint density at radius 3 is 2.85 bits per heavy atom. The van der Waals surface area contributed by atoms with Gasteiger partial charge in [0, 0.05) is 5.39 Å². The lowest BCUT2D eigenvalue weighted by Crippen LogP contribution is -1.91. The Morgan fingerprint density at radius 1 is 1.25 bits per heavy atom. The van der Waals surface area contributed by atoms with Gasteiger partial charge in [-0.25, -0.2) is 4.98 Å². The molecule has 5 heteroatoms. The molecule has 0 spiro atoms. The molecule has 0 bridgehead atoms. The van der Waals surface area contributed by atoms with E-state index in [-0.39, 0.29) is 4.83 Å². The molecule has 3 rings (SSSR count). The van der Waals surface area contributed by atoms with Crippen molar-refractivity contribution in [3.05, 3.63) is 41.8 Å². The maximum Gasteiger partial charge on any atom is 0.240 e. The molecule has 4 nitrogen and oxygen atoms in total. The number of rotatable bonds is 3. The number of benzene rings is 1. The first-order valence-electron chi connectivity index (χ1n) is 6.53. The minimum Gasteiger partial charge on any atom is -0.338 e. The summed E-state index contributed by atoms with van der Waals surface area (Å²) in [4.78, 5) is 9.10. The molecule has 1 unspecified atom stereocenters. The van der Waals surface area contributed by atoms with Crippen LogP contribution in [0.3, 0.4) is 0 Å². The van der Waals surface area contributed by atoms with Crippen LogP contribution in [0.15, 0.2) is 34.9 Å². The van der Waals surface area contributed by atoms with Gasteiger partial charge in [-0.3, -0.25) is 0 Å². The van der Waals surface area contributed by atoms with Gasteiger partial charge < -0.3 is 4.52 Å². The Bertz CT molecular complexity index is 754. The average molecular weight is 332 g/mol. The lowest BCUT2D eigenvalue weighted by molar-refractivity contribution is 0.377. The monoisotopic (exact) mass is 331 g/mol. The van der Waals surface area contributed by atoms with Crippen LogP contribution >= 0.6 is 15.9 Å². The van der Waals surface area contributed by atoms with Crippen LogP contribution in [0.25, 0.3) is 22.4 Å². The Labute approximate surface area is 125 Å². The van der Waals surface area contributed by atoms with Crippen molar-refractivity contribution in [1.82, 2.24) is 15.1 Å². The third-order valence-electron chi connectivity index (χ3n) is 3.22. The molecular weight excluding hydrogens is 318 g/mol. The maximum atomic E-state index is 5.28. The van der Waals surface area contributed by atoms with Crippen LogP contribution in [0.5, 0.6) is 0 Å². The predicted molar refractivity (Wildman–Crippen MR) is 81.7 cm³/mol. The fourth-order valence-electron chi connectivity index (χ4n) is 2.11. The largest absolute Gasteiger partial charge is 0.338 e. The van der Waals surface area contributed by atoms with Gasteiger partial charge in [0.1, 0.15) is 5.69 Å². The number of hydrogen-bond donors (Lipinski definition) is 0. The number of hydrogen-bond acceptors (Lipinski definition) is 4.